The average Bonchev–Trinajstić information content (AvgIpc) is 3.36. The summed E-state index contributed by atoms with van der Waals surface area (Å²) in [5.74, 6) is -1.97. The van der Waals surface area contributed by atoms with Gasteiger partial charge in [0.05, 0.1) is 36.4 Å². The fourth-order valence-electron chi connectivity index (χ4n) is 8.01. The van der Waals surface area contributed by atoms with Gasteiger partial charge in [-0.05, 0) is 43.6 Å². The molecule has 0 amide bonds. The predicted molar refractivity (Wildman–Crippen MR) is 136 cm³/mol. The second kappa shape index (κ2) is 10.0. The number of carbonyl (C=O) groups is 3. The van der Waals surface area contributed by atoms with E-state index in [4.69, 9.17) is 28.4 Å². The molecule has 5 rings (SSSR count). The molecule has 2 saturated carbocycles. The molecule has 10 nitrogen and oxygen atoms in total. The summed E-state index contributed by atoms with van der Waals surface area (Å²) < 4.78 is 36.2. The molecule has 39 heavy (non-hydrogen) atoms. The maximum absolute atomic E-state index is 13.0. The number of rotatable bonds is 7. The van der Waals surface area contributed by atoms with Gasteiger partial charge in [0.2, 0.25) is 6.29 Å². The van der Waals surface area contributed by atoms with E-state index in [1.54, 1.807) is 13.2 Å². The first kappa shape index (κ1) is 28.4. The van der Waals surface area contributed by atoms with Crippen LogP contribution in [0.4, 0.5) is 0 Å². The molecule has 10 heteroatoms. The minimum Gasteiger partial charge on any atom is -0.472 e. The van der Waals surface area contributed by atoms with Gasteiger partial charge < -0.3 is 33.5 Å². The highest BCUT2D eigenvalue weighted by atomic mass is 16.7. The molecular weight excluding hydrogens is 508 g/mol. The summed E-state index contributed by atoms with van der Waals surface area (Å²) in [5, 5.41) is 11.6. The minimum atomic E-state index is -1.19. The lowest BCUT2D eigenvalue weighted by atomic mass is 9.41. The largest absolute Gasteiger partial charge is 0.472 e. The maximum Gasteiger partial charge on any atom is 0.309 e. The first-order valence-electron chi connectivity index (χ1n) is 14.2. The van der Waals surface area contributed by atoms with E-state index in [1.165, 1.54) is 13.8 Å². The van der Waals surface area contributed by atoms with Crippen molar-refractivity contribution in [1.29, 1.82) is 0 Å². The van der Waals surface area contributed by atoms with E-state index in [9.17, 15) is 19.5 Å². The summed E-state index contributed by atoms with van der Waals surface area (Å²) in [5.41, 5.74) is -2.81. The van der Waals surface area contributed by atoms with Crippen LogP contribution in [0.25, 0.3) is 0 Å². The van der Waals surface area contributed by atoms with Gasteiger partial charge in [0.15, 0.2) is 6.10 Å². The second-order valence-electron chi connectivity index (χ2n) is 12.5. The first-order valence-corrected chi connectivity index (χ1v) is 14.2. The second-order valence-corrected chi connectivity index (χ2v) is 12.5. The number of ether oxygens (including phenoxy) is 6. The number of hydrogen-bond acceptors (Lipinski definition) is 10. The molecular formula is C29H42O10. The smallest absolute Gasteiger partial charge is 0.309 e. The lowest BCUT2D eigenvalue weighted by Gasteiger charge is -2.65. The molecule has 1 spiro atoms. The number of hydrogen-bond donors (Lipinski definition) is 1. The molecule has 0 bridgehead atoms. The molecule has 4 fully saturated rings. The minimum absolute atomic E-state index is 0.00678. The highest BCUT2D eigenvalue weighted by Crippen LogP contribution is 2.70. The third-order valence-corrected chi connectivity index (χ3v) is 10.6. The van der Waals surface area contributed by atoms with Crippen molar-refractivity contribution in [2.75, 3.05) is 13.2 Å². The van der Waals surface area contributed by atoms with Crippen LogP contribution in [0.5, 0.6) is 0 Å². The summed E-state index contributed by atoms with van der Waals surface area (Å²) in [6.45, 7) is 10.7. The highest BCUT2D eigenvalue weighted by molar-refractivity contribution is 5.72. The zero-order valence-corrected chi connectivity index (χ0v) is 23.7. The van der Waals surface area contributed by atoms with Crippen LogP contribution in [0.2, 0.25) is 0 Å². The third-order valence-electron chi connectivity index (χ3n) is 10.6. The van der Waals surface area contributed by atoms with Crippen LogP contribution in [0, 0.1) is 34.5 Å². The lowest BCUT2D eigenvalue weighted by molar-refractivity contribution is -0.284. The summed E-state index contributed by atoms with van der Waals surface area (Å²) >= 11 is 0. The van der Waals surface area contributed by atoms with Crippen molar-refractivity contribution in [2.24, 2.45) is 34.5 Å². The van der Waals surface area contributed by atoms with Gasteiger partial charge in [-0.1, -0.05) is 27.7 Å². The van der Waals surface area contributed by atoms with Crippen LogP contribution < -0.4 is 0 Å². The predicted octanol–water partition coefficient (Wildman–Crippen LogP) is 2.90. The fraction of sp³-hybridized carbons (Fsp3) is 0.828. The summed E-state index contributed by atoms with van der Waals surface area (Å²) in [4.78, 5) is 37.7. The van der Waals surface area contributed by atoms with Gasteiger partial charge in [-0.15, -0.1) is 0 Å². The molecule has 5 aliphatic rings. The molecule has 3 heterocycles. The van der Waals surface area contributed by atoms with Crippen LogP contribution >= 0.6 is 0 Å². The van der Waals surface area contributed by atoms with Crippen LogP contribution in [0.1, 0.15) is 67.2 Å². The van der Waals surface area contributed by atoms with Gasteiger partial charge in [-0.25, -0.2) is 0 Å². The Morgan fingerprint density at radius 2 is 1.85 bits per heavy atom. The zero-order valence-electron chi connectivity index (χ0n) is 23.7. The number of epoxide rings is 1. The topological polar surface area (TPSA) is 130 Å². The van der Waals surface area contributed by atoms with Gasteiger partial charge in [0, 0.05) is 25.2 Å². The van der Waals surface area contributed by atoms with Crippen LogP contribution in [-0.2, 0) is 42.8 Å². The SMILES string of the molecule is CC[C@@H](C)C(=O)O[C@H]1[C@H](O)C[C@@H]2[C@@](C)([C@@H]3C[C@@H]4C=CO[C@@H]4O3)[C@H](C)C[C@H](OC(C)=O)[C@@]2(COC(C)=O)[C@@]12CO2. The van der Waals surface area contributed by atoms with Crippen molar-refractivity contribution in [3.63, 3.8) is 0 Å². The van der Waals surface area contributed by atoms with E-state index in [0.29, 0.717) is 12.8 Å². The van der Waals surface area contributed by atoms with Gasteiger partial charge >= 0.3 is 17.9 Å². The Morgan fingerprint density at radius 3 is 2.44 bits per heavy atom. The number of esters is 3. The Hall–Kier alpha value is -2.17. The van der Waals surface area contributed by atoms with Gasteiger partial charge in [0.25, 0.3) is 0 Å². The van der Waals surface area contributed by atoms with Crippen molar-refractivity contribution >= 4 is 17.9 Å². The van der Waals surface area contributed by atoms with Crippen molar-refractivity contribution in [3.05, 3.63) is 12.3 Å². The number of aliphatic hydroxyl groups is 1. The Bertz CT molecular complexity index is 1020. The van der Waals surface area contributed by atoms with E-state index in [-0.39, 0.29) is 55.7 Å². The highest BCUT2D eigenvalue weighted by Gasteiger charge is 2.81. The number of fused-ring (bicyclic) bond motifs is 3. The lowest BCUT2D eigenvalue weighted by Crippen LogP contribution is -2.74. The Labute approximate surface area is 229 Å². The molecule has 0 unspecified atom stereocenters. The van der Waals surface area contributed by atoms with Crippen molar-refractivity contribution in [1.82, 2.24) is 0 Å². The van der Waals surface area contributed by atoms with Crippen LogP contribution in [0.15, 0.2) is 12.3 Å². The molecule has 12 atom stereocenters. The average molecular weight is 551 g/mol. The number of carbonyl (C=O) groups excluding carboxylic acids is 3. The van der Waals surface area contributed by atoms with Crippen LogP contribution in [-0.4, -0.2) is 72.5 Å². The Morgan fingerprint density at radius 1 is 1.13 bits per heavy atom. The van der Waals surface area contributed by atoms with Gasteiger partial charge in [0.1, 0.15) is 18.3 Å². The van der Waals surface area contributed by atoms with E-state index in [2.05, 4.69) is 13.8 Å². The molecule has 0 radical (unpaired) electrons. The summed E-state index contributed by atoms with van der Waals surface area (Å²) in [6.07, 6.45) is 2.38. The standard InChI is InChI=1S/C29H42O10/c1-7-15(2)25(33)39-24-20(32)12-21-27(6,22-11-19-8-9-34-26(19)38-22)16(3)10-23(37-18(5)31)28(21,13-35-17(4)30)29(24)14-36-29/h8-9,15-16,19-24,26,32H,7,10-14H2,1-6H3/t15-,16-,19+,20-,21-,22+,23+,24+,26-,27+,28+,29-/m1/s1. The first-order chi connectivity index (χ1) is 18.4. The maximum atomic E-state index is 13.0. The molecule has 0 aromatic heterocycles. The summed E-state index contributed by atoms with van der Waals surface area (Å²) in [7, 11) is 0. The molecule has 3 aliphatic heterocycles. The van der Waals surface area contributed by atoms with E-state index in [0.717, 1.165) is 6.42 Å². The van der Waals surface area contributed by atoms with Gasteiger partial charge in [-0.3, -0.25) is 14.4 Å². The van der Waals surface area contributed by atoms with Crippen molar-refractivity contribution < 1.29 is 47.9 Å². The molecule has 0 aromatic rings. The summed E-state index contributed by atoms with van der Waals surface area (Å²) in [6, 6.07) is 0. The normalized spacial score (nSPS) is 46.5. The van der Waals surface area contributed by atoms with Gasteiger partial charge in [-0.2, -0.15) is 0 Å². The van der Waals surface area contributed by atoms with E-state index >= 15 is 0 Å². The molecule has 2 aliphatic carbocycles. The Balaban J connectivity index is 1.62. The molecule has 1 N–H and O–H groups in total. The van der Waals surface area contributed by atoms with Crippen molar-refractivity contribution in [2.45, 2.75) is 104 Å². The van der Waals surface area contributed by atoms with Crippen LogP contribution in [0.3, 0.4) is 0 Å². The van der Waals surface area contributed by atoms with E-state index < -0.39 is 52.7 Å². The molecule has 218 valence electrons. The fourth-order valence-corrected chi connectivity index (χ4v) is 8.01. The Kier molecular flexibility index (Phi) is 7.29. The molecule has 0 aromatic carbocycles. The quantitative estimate of drug-likeness (QED) is 0.287. The monoisotopic (exact) mass is 550 g/mol. The molecule has 2 saturated heterocycles. The number of aliphatic hydroxyl groups excluding tert-OH is 1. The third kappa shape index (κ3) is 4.28. The van der Waals surface area contributed by atoms with Crippen molar-refractivity contribution in [3.8, 4) is 0 Å². The van der Waals surface area contributed by atoms with E-state index in [1.807, 2.05) is 13.0 Å². The zero-order chi connectivity index (χ0) is 28.3.